The molecule has 35 heavy (non-hydrogen) atoms. The highest BCUT2D eigenvalue weighted by Crippen LogP contribution is 2.24. The van der Waals surface area contributed by atoms with Crippen LogP contribution in [-0.2, 0) is 20.8 Å². The molecule has 0 unspecified atom stereocenters. The van der Waals surface area contributed by atoms with Crippen LogP contribution in [0.1, 0.15) is 24.8 Å². The Morgan fingerprint density at radius 2 is 1.91 bits per heavy atom. The Balaban J connectivity index is 1.30. The minimum absolute atomic E-state index is 0.263. The number of nitrogens with zero attached hydrogens (tertiary/aromatic N) is 2. The van der Waals surface area contributed by atoms with E-state index in [2.05, 4.69) is 17.0 Å². The Bertz CT molecular complexity index is 974. The molecule has 4 rings (SSSR count). The van der Waals surface area contributed by atoms with Crippen LogP contribution in [-0.4, -0.2) is 81.0 Å². The van der Waals surface area contributed by atoms with Crippen LogP contribution >= 0.6 is 11.6 Å². The van der Waals surface area contributed by atoms with Gasteiger partial charge in [-0.05, 0) is 48.7 Å². The molecule has 7 nitrogen and oxygen atoms in total. The zero-order chi connectivity index (χ0) is 24.5. The van der Waals surface area contributed by atoms with Crippen molar-refractivity contribution in [3.63, 3.8) is 0 Å². The van der Waals surface area contributed by atoms with Crippen molar-refractivity contribution in [1.82, 2.24) is 9.80 Å². The molecule has 2 fully saturated rings. The number of hydrogen-bond donors (Lipinski definition) is 0. The zero-order valence-electron chi connectivity index (χ0n) is 20.4. The van der Waals surface area contributed by atoms with Crippen LogP contribution in [0.2, 0.25) is 5.02 Å². The molecule has 8 heteroatoms. The predicted octanol–water partition coefficient (Wildman–Crippen LogP) is 4.03. The van der Waals surface area contributed by atoms with E-state index in [1.807, 2.05) is 35.2 Å². The molecule has 2 saturated heterocycles. The summed E-state index contributed by atoms with van der Waals surface area (Å²) in [4.78, 5) is 16.0. The van der Waals surface area contributed by atoms with Gasteiger partial charge in [-0.1, -0.05) is 29.8 Å². The van der Waals surface area contributed by atoms with Gasteiger partial charge >= 0.3 is 0 Å². The van der Waals surface area contributed by atoms with Crippen LogP contribution in [0.5, 0.6) is 11.5 Å². The first kappa shape index (κ1) is 25.8. The molecule has 2 aromatic rings. The number of hydrogen-bond acceptors (Lipinski definition) is 6. The second-order valence-corrected chi connectivity index (χ2v) is 9.67. The van der Waals surface area contributed by atoms with E-state index in [9.17, 15) is 4.79 Å². The SMILES string of the molecule is CO[C@@]1(COc2cccc(Cl)c2)COCCN(Cc2cccc(OCCCN3CCCC3=O)c2)C1. The molecule has 0 N–H and O–H groups in total. The molecule has 2 aliphatic rings. The summed E-state index contributed by atoms with van der Waals surface area (Å²) in [7, 11) is 1.71. The highest BCUT2D eigenvalue weighted by molar-refractivity contribution is 6.30. The quantitative estimate of drug-likeness (QED) is 0.432. The third kappa shape index (κ3) is 7.58. The summed E-state index contributed by atoms with van der Waals surface area (Å²) < 4.78 is 23.8. The van der Waals surface area contributed by atoms with Gasteiger partial charge in [0.1, 0.15) is 23.7 Å². The number of rotatable bonds is 11. The van der Waals surface area contributed by atoms with Crippen molar-refractivity contribution in [3.05, 3.63) is 59.1 Å². The van der Waals surface area contributed by atoms with Crippen LogP contribution in [0.15, 0.2) is 48.5 Å². The van der Waals surface area contributed by atoms with Crippen LogP contribution < -0.4 is 9.47 Å². The van der Waals surface area contributed by atoms with Gasteiger partial charge in [0.2, 0.25) is 5.91 Å². The van der Waals surface area contributed by atoms with Gasteiger partial charge < -0.3 is 23.8 Å². The lowest BCUT2D eigenvalue weighted by atomic mass is 10.1. The second kappa shape index (κ2) is 12.6. The van der Waals surface area contributed by atoms with Crippen molar-refractivity contribution in [2.75, 3.05) is 59.7 Å². The van der Waals surface area contributed by atoms with Crippen molar-refractivity contribution in [3.8, 4) is 11.5 Å². The first-order valence-corrected chi connectivity index (χ1v) is 12.7. The summed E-state index contributed by atoms with van der Waals surface area (Å²) in [6, 6.07) is 15.6. The molecule has 2 aromatic carbocycles. The van der Waals surface area contributed by atoms with E-state index in [4.69, 9.17) is 30.5 Å². The molecule has 2 aliphatic heterocycles. The van der Waals surface area contributed by atoms with Crippen molar-refractivity contribution >= 4 is 17.5 Å². The standard InChI is InChI=1S/C27H35ClN2O5/c1-32-27(21-35-25-9-3-7-23(28)17-25)19-29(13-15-33-20-27)18-22-6-2-8-24(16-22)34-14-5-12-30-11-4-10-26(30)31/h2-3,6-9,16-17H,4-5,10-15,18-21H2,1H3/t27-/m1/s1. The molecule has 1 amide bonds. The minimum Gasteiger partial charge on any atom is -0.494 e. The summed E-state index contributed by atoms with van der Waals surface area (Å²) >= 11 is 6.09. The third-order valence-corrected chi connectivity index (χ3v) is 6.71. The fourth-order valence-electron chi connectivity index (χ4n) is 4.54. The monoisotopic (exact) mass is 502 g/mol. The summed E-state index contributed by atoms with van der Waals surface area (Å²) in [5, 5.41) is 0.638. The van der Waals surface area contributed by atoms with Crippen molar-refractivity contribution in [1.29, 1.82) is 0 Å². The summed E-state index contributed by atoms with van der Waals surface area (Å²) in [6.45, 7) is 5.93. The van der Waals surface area contributed by atoms with Gasteiger partial charge in [-0.3, -0.25) is 9.69 Å². The molecule has 2 heterocycles. The van der Waals surface area contributed by atoms with Gasteiger partial charge in [-0.15, -0.1) is 0 Å². The second-order valence-electron chi connectivity index (χ2n) is 9.23. The maximum absolute atomic E-state index is 11.7. The predicted molar refractivity (Wildman–Crippen MR) is 135 cm³/mol. The summed E-state index contributed by atoms with van der Waals surface area (Å²) in [5.74, 6) is 1.82. The molecule has 0 spiro atoms. The number of ether oxygens (including phenoxy) is 4. The Hall–Kier alpha value is -2.32. The topological polar surface area (TPSA) is 60.5 Å². The van der Waals surface area contributed by atoms with Crippen LogP contribution in [0.3, 0.4) is 0 Å². The fourth-order valence-corrected chi connectivity index (χ4v) is 4.72. The highest BCUT2D eigenvalue weighted by Gasteiger charge is 2.36. The van der Waals surface area contributed by atoms with Crippen LogP contribution in [0.25, 0.3) is 0 Å². The lowest BCUT2D eigenvalue weighted by Crippen LogP contribution is -2.50. The molecular weight excluding hydrogens is 468 g/mol. The number of amides is 1. The Morgan fingerprint density at radius 3 is 2.69 bits per heavy atom. The average Bonchev–Trinajstić information content (AvgIpc) is 3.16. The summed E-state index contributed by atoms with van der Waals surface area (Å²) in [5.41, 5.74) is 0.583. The molecule has 190 valence electrons. The Kier molecular flexibility index (Phi) is 9.26. The first-order chi connectivity index (χ1) is 17.0. The van der Waals surface area contributed by atoms with Gasteiger partial charge in [-0.25, -0.2) is 0 Å². The van der Waals surface area contributed by atoms with E-state index in [1.165, 1.54) is 5.56 Å². The normalized spacial score (nSPS) is 21.2. The van der Waals surface area contributed by atoms with Crippen LogP contribution in [0.4, 0.5) is 0 Å². The first-order valence-electron chi connectivity index (χ1n) is 12.3. The van der Waals surface area contributed by atoms with Gasteiger partial charge in [0.05, 0.1) is 19.8 Å². The van der Waals surface area contributed by atoms with E-state index in [1.54, 1.807) is 13.2 Å². The summed E-state index contributed by atoms with van der Waals surface area (Å²) in [6.07, 6.45) is 2.49. The van der Waals surface area contributed by atoms with Gasteiger partial charge in [0.25, 0.3) is 0 Å². The third-order valence-electron chi connectivity index (χ3n) is 6.48. The van der Waals surface area contributed by atoms with Gasteiger partial charge in [0, 0.05) is 51.3 Å². The molecule has 0 aliphatic carbocycles. The highest BCUT2D eigenvalue weighted by atomic mass is 35.5. The number of carbonyl (C=O) groups excluding carboxylic acids is 1. The zero-order valence-corrected chi connectivity index (χ0v) is 21.2. The largest absolute Gasteiger partial charge is 0.494 e. The van der Waals surface area contributed by atoms with Gasteiger partial charge in [0.15, 0.2) is 0 Å². The average molecular weight is 503 g/mol. The number of likely N-dealkylation sites (tertiary alicyclic amines) is 1. The number of halogens is 1. The number of benzene rings is 2. The Labute approximate surface area is 212 Å². The van der Waals surface area contributed by atoms with Crippen molar-refractivity contribution < 1.29 is 23.7 Å². The maximum Gasteiger partial charge on any atom is 0.222 e. The minimum atomic E-state index is -0.583. The van der Waals surface area contributed by atoms with Gasteiger partial charge in [-0.2, -0.15) is 0 Å². The van der Waals surface area contributed by atoms with E-state index in [-0.39, 0.29) is 5.91 Å². The smallest absolute Gasteiger partial charge is 0.222 e. The molecule has 0 saturated carbocycles. The van der Waals surface area contributed by atoms with E-state index in [0.29, 0.717) is 50.2 Å². The van der Waals surface area contributed by atoms with E-state index < -0.39 is 5.60 Å². The van der Waals surface area contributed by atoms with E-state index in [0.717, 1.165) is 44.8 Å². The lowest BCUT2D eigenvalue weighted by Gasteiger charge is -2.34. The molecular formula is C27H35ClN2O5. The Morgan fingerprint density at radius 1 is 1.09 bits per heavy atom. The lowest BCUT2D eigenvalue weighted by molar-refractivity contribution is -0.127. The number of carbonyl (C=O) groups is 1. The van der Waals surface area contributed by atoms with Crippen molar-refractivity contribution in [2.24, 2.45) is 0 Å². The molecule has 0 radical (unpaired) electrons. The molecule has 0 aromatic heterocycles. The number of methoxy groups -OCH3 is 1. The maximum atomic E-state index is 11.7. The molecule has 0 bridgehead atoms. The van der Waals surface area contributed by atoms with Crippen molar-refractivity contribution in [2.45, 2.75) is 31.4 Å². The van der Waals surface area contributed by atoms with Crippen LogP contribution in [0, 0.1) is 0 Å². The van der Waals surface area contributed by atoms with E-state index >= 15 is 0 Å². The molecule has 1 atom stereocenters. The fraction of sp³-hybridized carbons (Fsp3) is 0.519.